The van der Waals surface area contributed by atoms with E-state index in [1.54, 1.807) is 37.6 Å². The first kappa shape index (κ1) is 19.2. The number of aryl methyl sites for hydroxylation is 1. The fourth-order valence-electron chi connectivity index (χ4n) is 2.75. The van der Waals surface area contributed by atoms with E-state index in [4.69, 9.17) is 9.47 Å². The van der Waals surface area contributed by atoms with Crippen LogP contribution in [0.2, 0.25) is 0 Å². The maximum Gasteiger partial charge on any atom is 0.255 e. The lowest BCUT2D eigenvalue weighted by Gasteiger charge is -2.12. The molecule has 144 valence electrons. The van der Waals surface area contributed by atoms with Crippen LogP contribution in [0.3, 0.4) is 0 Å². The summed E-state index contributed by atoms with van der Waals surface area (Å²) in [7, 11) is 3.09. The summed E-state index contributed by atoms with van der Waals surface area (Å²) in [5, 5.41) is 6.13. The van der Waals surface area contributed by atoms with Crippen molar-refractivity contribution in [3.8, 4) is 11.5 Å². The molecule has 0 aliphatic rings. The third-order valence-corrected chi connectivity index (χ3v) is 4.53. The Morgan fingerprint density at radius 1 is 0.964 bits per heavy atom. The Bertz CT molecular complexity index is 985. The third kappa shape index (κ3) is 4.23. The van der Waals surface area contributed by atoms with E-state index >= 15 is 0 Å². The first-order valence-electron chi connectivity index (χ1n) is 8.84. The van der Waals surface area contributed by atoms with Gasteiger partial charge in [0.2, 0.25) is 0 Å². The zero-order valence-corrected chi connectivity index (χ0v) is 16.4. The highest BCUT2D eigenvalue weighted by atomic mass is 16.5. The average molecular weight is 377 g/mol. The summed E-state index contributed by atoms with van der Waals surface area (Å²) in [4.78, 5) is 16.9. The third-order valence-electron chi connectivity index (χ3n) is 4.53. The van der Waals surface area contributed by atoms with Gasteiger partial charge in [-0.05, 0) is 61.4 Å². The number of rotatable bonds is 6. The standard InChI is InChI=1S/C22H23N3O3/c1-14-6-5-7-18(15(14)2)25-21-11-9-17(13-23-21)24-22(26)16-8-10-19(27-3)20(12-16)28-4/h5-13H,1-4H3,(H,23,25)(H,24,26). The molecular formula is C22H23N3O3. The van der Waals surface area contributed by atoms with Gasteiger partial charge in [-0.1, -0.05) is 12.1 Å². The SMILES string of the molecule is COc1ccc(C(=O)Nc2ccc(Nc3cccc(C)c3C)nc2)cc1OC. The number of ether oxygens (including phenoxy) is 2. The minimum atomic E-state index is -0.252. The monoisotopic (exact) mass is 377 g/mol. The fraction of sp³-hybridized carbons (Fsp3) is 0.182. The van der Waals surface area contributed by atoms with Gasteiger partial charge in [-0.3, -0.25) is 4.79 Å². The van der Waals surface area contributed by atoms with E-state index in [2.05, 4.69) is 35.5 Å². The molecule has 0 bridgehead atoms. The van der Waals surface area contributed by atoms with Crippen LogP contribution in [0, 0.1) is 13.8 Å². The Labute approximate surface area is 164 Å². The molecule has 0 aliphatic carbocycles. The second-order valence-corrected chi connectivity index (χ2v) is 6.33. The molecule has 2 aromatic carbocycles. The van der Waals surface area contributed by atoms with Gasteiger partial charge in [-0.2, -0.15) is 0 Å². The number of amides is 1. The first-order valence-corrected chi connectivity index (χ1v) is 8.84. The molecule has 1 heterocycles. The van der Waals surface area contributed by atoms with Crippen molar-refractivity contribution in [2.24, 2.45) is 0 Å². The van der Waals surface area contributed by atoms with Gasteiger partial charge < -0.3 is 20.1 Å². The molecular weight excluding hydrogens is 354 g/mol. The fourth-order valence-corrected chi connectivity index (χ4v) is 2.75. The Balaban J connectivity index is 1.70. The van der Waals surface area contributed by atoms with Crippen molar-refractivity contribution in [1.82, 2.24) is 4.98 Å². The molecule has 28 heavy (non-hydrogen) atoms. The summed E-state index contributed by atoms with van der Waals surface area (Å²) in [5.41, 5.74) is 4.47. The summed E-state index contributed by atoms with van der Waals surface area (Å²) in [5.74, 6) is 1.53. The predicted molar refractivity (Wildman–Crippen MR) is 111 cm³/mol. The van der Waals surface area contributed by atoms with Crippen LogP contribution in [0.25, 0.3) is 0 Å². The molecule has 2 N–H and O–H groups in total. The Hall–Kier alpha value is -3.54. The van der Waals surface area contributed by atoms with Crippen molar-refractivity contribution < 1.29 is 14.3 Å². The zero-order chi connectivity index (χ0) is 20.1. The molecule has 0 fully saturated rings. The van der Waals surface area contributed by atoms with E-state index in [1.807, 2.05) is 18.2 Å². The van der Waals surface area contributed by atoms with Crippen LogP contribution in [-0.4, -0.2) is 25.1 Å². The number of nitrogens with zero attached hydrogens (tertiary/aromatic N) is 1. The predicted octanol–water partition coefficient (Wildman–Crippen LogP) is 4.71. The number of anilines is 3. The van der Waals surface area contributed by atoms with Crippen LogP contribution >= 0.6 is 0 Å². The maximum absolute atomic E-state index is 12.5. The normalized spacial score (nSPS) is 10.3. The molecule has 0 saturated carbocycles. The topological polar surface area (TPSA) is 72.5 Å². The molecule has 1 aromatic heterocycles. The molecule has 0 saturated heterocycles. The lowest BCUT2D eigenvalue weighted by atomic mass is 10.1. The highest BCUT2D eigenvalue weighted by Crippen LogP contribution is 2.28. The van der Waals surface area contributed by atoms with Crippen molar-refractivity contribution in [2.45, 2.75) is 13.8 Å². The van der Waals surface area contributed by atoms with Crippen LogP contribution in [0.1, 0.15) is 21.5 Å². The smallest absolute Gasteiger partial charge is 0.255 e. The number of nitrogens with one attached hydrogen (secondary N) is 2. The van der Waals surface area contributed by atoms with Gasteiger partial charge in [-0.15, -0.1) is 0 Å². The highest BCUT2D eigenvalue weighted by molar-refractivity contribution is 6.04. The lowest BCUT2D eigenvalue weighted by Crippen LogP contribution is -2.12. The van der Waals surface area contributed by atoms with Crippen LogP contribution in [-0.2, 0) is 0 Å². The number of carbonyl (C=O) groups excluding carboxylic acids is 1. The summed E-state index contributed by atoms with van der Waals surface area (Å²) in [6.07, 6.45) is 1.62. The molecule has 6 nitrogen and oxygen atoms in total. The van der Waals surface area contributed by atoms with Gasteiger partial charge in [0.05, 0.1) is 26.1 Å². The van der Waals surface area contributed by atoms with Crippen LogP contribution in [0.4, 0.5) is 17.2 Å². The second kappa shape index (κ2) is 8.43. The summed E-state index contributed by atoms with van der Waals surface area (Å²) >= 11 is 0. The molecule has 0 radical (unpaired) electrons. The van der Waals surface area contributed by atoms with Gasteiger partial charge in [0.25, 0.3) is 5.91 Å². The zero-order valence-electron chi connectivity index (χ0n) is 16.4. The van der Waals surface area contributed by atoms with Gasteiger partial charge >= 0.3 is 0 Å². The Morgan fingerprint density at radius 2 is 1.75 bits per heavy atom. The quantitative estimate of drug-likeness (QED) is 0.651. The highest BCUT2D eigenvalue weighted by Gasteiger charge is 2.11. The molecule has 6 heteroatoms. The maximum atomic E-state index is 12.5. The Kier molecular flexibility index (Phi) is 5.79. The lowest BCUT2D eigenvalue weighted by molar-refractivity contribution is 0.102. The van der Waals surface area contributed by atoms with Gasteiger partial charge in [0.1, 0.15) is 5.82 Å². The van der Waals surface area contributed by atoms with E-state index < -0.39 is 0 Å². The van der Waals surface area contributed by atoms with E-state index in [-0.39, 0.29) is 5.91 Å². The number of aromatic nitrogens is 1. The van der Waals surface area contributed by atoms with Crippen molar-refractivity contribution in [3.63, 3.8) is 0 Å². The van der Waals surface area contributed by atoms with E-state index in [0.29, 0.717) is 28.6 Å². The molecule has 0 atom stereocenters. The molecule has 0 unspecified atom stereocenters. The number of hydrogen-bond acceptors (Lipinski definition) is 5. The largest absolute Gasteiger partial charge is 0.493 e. The Morgan fingerprint density at radius 3 is 2.43 bits per heavy atom. The molecule has 0 spiro atoms. The molecule has 3 rings (SSSR count). The van der Waals surface area contributed by atoms with Crippen LogP contribution < -0.4 is 20.1 Å². The molecule has 1 amide bonds. The van der Waals surface area contributed by atoms with Gasteiger partial charge in [0, 0.05) is 11.3 Å². The molecule has 3 aromatic rings. The minimum absolute atomic E-state index is 0.252. The summed E-state index contributed by atoms with van der Waals surface area (Å²) in [6, 6.07) is 14.7. The van der Waals surface area contributed by atoms with E-state index in [1.165, 1.54) is 18.2 Å². The number of pyridine rings is 1. The van der Waals surface area contributed by atoms with E-state index in [9.17, 15) is 4.79 Å². The van der Waals surface area contributed by atoms with Gasteiger partial charge in [0.15, 0.2) is 11.5 Å². The number of methoxy groups -OCH3 is 2. The van der Waals surface area contributed by atoms with Crippen LogP contribution in [0.5, 0.6) is 11.5 Å². The molecule has 0 aliphatic heterocycles. The minimum Gasteiger partial charge on any atom is -0.493 e. The summed E-state index contributed by atoms with van der Waals surface area (Å²) < 4.78 is 10.4. The number of carbonyl (C=O) groups is 1. The number of benzene rings is 2. The summed E-state index contributed by atoms with van der Waals surface area (Å²) in [6.45, 7) is 4.14. The van der Waals surface area contributed by atoms with Crippen molar-refractivity contribution >= 4 is 23.1 Å². The van der Waals surface area contributed by atoms with Crippen molar-refractivity contribution in [3.05, 3.63) is 71.4 Å². The second-order valence-electron chi connectivity index (χ2n) is 6.33. The van der Waals surface area contributed by atoms with Gasteiger partial charge in [-0.25, -0.2) is 4.98 Å². The van der Waals surface area contributed by atoms with Crippen LogP contribution in [0.15, 0.2) is 54.7 Å². The number of hydrogen-bond donors (Lipinski definition) is 2. The van der Waals surface area contributed by atoms with Crippen molar-refractivity contribution in [1.29, 1.82) is 0 Å². The van der Waals surface area contributed by atoms with E-state index in [0.717, 1.165) is 5.69 Å². The first-order chi connectivity index (χ1) is 13.5. The average Bonchev–Trinajstić information content (AvgIpc) is 2.72. The van der Waals surface area contributed by atoms with Crippen molar-refractivity contribution in [2.75, 3.05) is 24.9 Å².